The van der Waals surface area contributed by atoms with E-state index in [9.17, 15) is 9.59 Å². The molecule has 1 N–H and O–H groups in total. The highest BCUT2D eigenvalue weighted by atomic mass is 32.2. The number of thiazole rings is 1. The van der Waals surface area contributed by atoms with Crippen molar-refractivity contribution in [3.05, 3.63) is 10.6 Å². The number of carbonyl (C=O) groups is 2. The summed E-state index contributed by atoms with van der Waals surface area (Å²) in [5.74, 6) is 0.474. The number of esters is 1. The molecule has 0 saturated carbocycles. The van der Waals surface area contributed by atoms with Gasteiger partial charge in [-0.05, 0) is 18.6 Å². The molecular weight excluding hydrogens is 284 g/mol. The van der Waals surface area contributed by atoms with Gasteiger partial charge in [0.25, 0.3) is 0 Å². The van der Waals surface area contributed by atoms with Crippen molar-refractivity contribution in [2.75, 3.05) is 24.7 Å². The predicted molar refractivity (Wildman–Crippen MR) is 77.4 cm³/mol. The second-order valence-corrected chi connectivity index (χ2v) is 6.67. The van der Waals surface area contributed by atoms with Crippen molar-refractivity contribution in [3.63, 3.8) is 0 Å². The zero-order valence-electron chi connectivity index (χ0n) is 10.9. The maximum atomic E-state index is 11.6. The molecule has 19 heavy (non-hydrogen) atoms. The second-order valence-electron chi connectivity index (χ2n) is 4.26. The van der Waals surface area contributed by atoms with E-state index in [0.717, 1.165) is 6.54 Å². The number of aromatic nitrogens is 1. The Labute approximate surface area is 120 Å². The Morgan fingerprint density at radius 1 is 1.53 bits per heavy atom. The van der Waals surface area contributed by atoms with Crippen LogP contribution in [0.2, 0.25) is 0 Å². The summed E-state index contributed by atoms with van der Waals surface area (Å²) in [6.45, 7) is 2.24. The third-order valence-electron chi connectivity index (χ3n) is 2.83. The van der Waals surface area contributed by atoms with Crippen LogP contribution in [0.4, 0.5) is 5.13 Å². The highest BCUT2D eigenvalue weighted by Gasteiger charge is 2.22. The topological polar surface area (TPSA) is 68.3 Å². The number of ketones is 1. The minimum Gasteiger partial charge on any atom is -0.464 e. The summed E-state index contributed by atoms with van der Waals surface area (Å²) in [4.78, 5) is 27.6. The van der Waals surface area contributed by atoms with Crippen molar-refractivity contribution >= 4 is 40.0 Å². The van der Waals surface area contributed by atoms with Gasteiger partial charge in [0.2, 0.25) is 0 Å². The van der Waals surface area contributed by atoms with Gasteiger partial charge in [-0.15, -0.1) is 0 Å². The molecule has 1 aliphatic heterocycles. The van der Waals surface area contributed by atoms with E-state index < -0.39 is 5.97 Å². The minimum absolute atomic E-state index is 0.113. The highest BCUT2D eigenvalue weighted by Crippen LogP contribution is 2.28. The number of nitrogens with one attached hydrogen (secondary N) is 1. The molecule has 0 radical (unpaired) electrons. The van der Waals surface area contributed by atoms with Gasteiger partial charge >= 0.3 is 5.97 Å². The lowest BCUT2D eigenvalue weighted by Gasteiger charge is -2.08. The first-order valence-electron chi connectivity index (χ1n) is 6.07. The molecule has 1 atom stereocenters. The average Bonchev–Trinajstić information content (AvgIpc) is 3.04. The summed E-state index contributed by atoms with van der Waals surface area (Å²) in [6, 6.07) is 0. The van der Waals surface area contributed by atoms with E-state index in [2.05, 4.69) is 15.0 Å². The number of hydrogen-bond donors (Lipinski definition) is 1. The average molecular weight is 300 g/mol. The Bertz CT molecular complexity index is 481. The molecule has 0 aliphatic carbocycles. The molecule has 0 bridgehead atoms. The molecule has 7 heteroatoms. The Balaban J connectivity index is 2.08. The largest absolute Gasteiger partial charge is 0.464 e. The van der Waals surface area contributed by atoms with E-state index in [1.54, 1.807) is 0 Å². The lowest BCUT2D eigenvalue weighted by Crippen LogP contribution is -2.13. The summed E-state index contributed by atoms with van der Waals surface area (Å²) in [6.07, 6.45) is 2.45. The monoisotopic (exact) mass is 300 g/mol. The number of thioether (sulfide) groups is 1. The van der Waals surface area contributed by atoms with Gasteiger partial charge in [-0.25, -0.2) is 9.78 Å². The summed E-state index contributed by atoms with van der Waals surface area (Å²) >= 11 is 3.16. The van der Waals surface area contributed by atoms with E-state index in [4.69, 9.17) is 0 Å². The van der Waals surface area contributed by atoms with Crippen LogP contribution in [-0.4, -0.2) is 41.4 Å². The van der Waals surface area contributed by atoms with E-state index in [1.807, 2.05) is 11.8 Å². The Morgan fingerprint density at radius 3 is 2.89 bits per heavy atom. The van der Waals surface area contributed by atoms with Crippen molar-refractivity contribution in [3.8, 4) is 0 Å². The van der Waals surface area contributed by atoms with Crippen molar-refractivity contribution in [2.24, 2.45) is 0 Å². The third-order valence-corrected chi connectivity index (χ3v) is 5.34. The van der Waals surface area contributed by atoms with E-state index in [0.29, 0.717) is 15.3 Å². The lowest BCUT2D eigenvalue weighted by atomic mass is 10.2. The normalized spacial score (nSPS) is 18.3. The number of carbonyl (C=O) groups excluding carboxylic acids is 2. The number of anilines is 1. The first kappa shape index (κ1) is 14.3. The Morgan fingerprint density at radius 2 is 2.32 bits per heavy atom. The minimum atomic E-state index is -0.565. The van der Waals surface area contributed by atoms with Gasteiger partial charge in [0.15, 0.2) is 16.6 Å². The van der Waals surface area contributed by atoms with E-state index in [-0.39, 0.29) is 11.5 Å². The molecule has 1 unspecified atom stereocenters. The van der Waals surface area contributed by atoms with Crippen molar-refractivity contribution in [1.29, 1.82) is 0 Å². The fourth-order valence-corrected chi connectivity index (χ4v) is 3.93. The van der Waals surface area contributed by atoms with Crippen LogP contribution in [0, 0.1) is 0 Å². The van der Waals surface area contributed by atoms with Crippen LogP contribution in [-0.2, 0) is 4.74 Å². The van der Waals surface area contributed by atoms with E-state index >= 15 is 0 Å². The van der Waals surface area contributed by atoms with Gasteiger partial charge < -0.3 is 10.1 Å². The highest BCUT2D eigenvalue weighted by molar-refractivity contribution is 8.00. The number of nitrogens with zero attached hydrogens (tertiary/aromatic N) is 1. The van der Waals surface area contributed by atoms with Gasteiger partial charge in [-0.3, -0.25) is 4.79 Å². The number of ether oxygens (including phenoxy) is 1. The Kier molecular flexibility index (Phi) is 4.81. The molecule has 1 saturated heterocycles. The molecule has 1 aliphatic rings. The van der Waals surface area contributed by atoms with Crippen LogP contribution in [0.15, 0.2) is 0 Å². The molecule has 0 amide bonds. The molecule has 1 aromatic heterocycles. The van der Waals surface area contributed by atoms with Crippen molar-refractivity contribution in [2.45, 2.75) is 25.0 Å². The smallest absolute Gasteiger partial charge is 0.358 e. The zero-order valence-corrected chi connectivity index (χ0v) is 12.5. The van der Waals surface area contributed by atoms with Crippen LogP contribution < -0.4 is 5.32 Å². The Hall–Kier alpha value is -1.08. The fraction of sp³-hybridized carbons (Fsp3) is 0.583. The van der Waals surface area contributed by atoms with Crippen LogP contribution in [0.5, 0.6) is 0 Å². The first-order chi connectivity index (χ1) is 9.11. The quantitative estimate of drug-likeness (QED) is 0.665. The predicted octanol–water partition coefficient (Wildman–Crippen LogP) is 2.44. The standard InChI is InChI=1S/C12H16N2O3S2/c1-7(15)10-9(11(16)17-2)14-12(19-10)13-6-8-4-3-5-18-8/h8H,3-6H2,1-2H3,(H,13,14). The maximum absolute atomic E-state index is 11.6. The maximum Gasteiger partial charge on any atom is 0.358 e. The molecule has 104 valence electrons. The van der Waals surface area contributed by atoms with Gasteiger partial charge in [-0.1, -0.05) is 11.3 Å². The SMILES string of the molecule is COC(=O)c1nc(NCC2CCCS2)sc1C(C)=O. The van der Waals surface area contributed by atoms with Crippen LogP contribution in [0.1, 0.15) is 39.9 Å². The lowest BCUT2D eigenvalue weighted by molar-refractivity contribution is 0.0591. The second kappa shape index (κ2) is 6.38. The van der Waals surface area contributed by atoms with E-state index in [1.165, 1.54) is 44.0 Å². The van der Waals surface area contributed by atoms with Gasteiger partial charge in [-0.2, -0.15) is 11.8 Å². The van der Waals surface area contributed by atoms with Crippen LogP contribution in [0.3, 0.4) is 0 Å². The number of methoxy groups -OCH3 is 1. The number of Topliss-reactive ketones (excluding diaryl/α,β-unsaturated/α-hetero) is 1. The molecule has 5 nitrogen and oxygen atoms in total. The summed E-state index contributed by atoms with van der Waals surface area (Å²) in [7, 11) is 1.29. The summed E-state index contributed by atoms with van der Waals surface area (Å²) < 4.78 is 4.64. The van der Waals surface area contributed by atoms with Crippen LogP contribution in [0.25, 0.3) is 0 Å². The van der Waals surface area contributed by atoms with Crippen molar-refractivity contribution < 1.29 is 14.3 Å². The van der Waals surface area contributed by atoms with Crippen LogP contribution >= 0.6 is 23.1 Å². The first-order valence-corrected chi connectivity index (χ1v) is 7.94. The summed E-state index contributed by atoms with van der Waals surface area (Å²) in [5, 5.41) is 4.41. The molecule has 1 aromatic rings. The molecule has 0 aromatic carbocycles. The number of hydrogen-bond acceptors (Lipinski definition) is 7. The van der Waals surface area contributed by atoms with Gasteiger partial charge in [0.1, 0.15) is 4.88 Å². The number of rotatable bonds is 5. The van der Waals surface area contributed by atoms with Gasteiger partial charge in [0.05, 0.1) is 7.11 Å². The van der Waals surface area contributed by atoms with Gasteiger partial charge in [0, 0.05) is 18.7 Å². The molecule has 2 rings (SSSR count). The molecule has 1 fully saturated rings. The molecular formula is C12H16N2O3S2. The third kappa shape index (κ3) is 3.48. The molecule has 0 spiro atoms. The summed E-state index contributed by atoms with van der Waals surface area (Å²) in [5.41, 5.74) is 0.113. The molecule has 2 heterocycles. The fourth-order valence-electron chi connectivity index (χ4n) is 1.88. The van der Waals surface area contributed by atoms with Crippen molar-refractivity contribution in [1.82, 2.24) is 4.98 Å². The zero-order chi connectivity index (χ0) is 13.8.